The van der Waals surface area contributed by atoms with Crippen LogP contribution in [0.25, 0.3) is 0 Å². The molecule has 2 heterocycles. The number of anilines is 1. The minimum atomic E-state index is -0.318. The molecule has 6 heteroatoms. The third-order valence-electron chi connectivity index (χ3n) is 7.66. The van der Waals surface area contributed by atoms with Crippen molar-refractivity contribution in [3.8, 4) is 5.75 Å². The molecule has 0 N–H and O–H groups in total. The largest absolute Gasteiger partial charge is 0.497 e. The second-order valence-electron chi connectivity index (χ2n) is 9.89. The molecule has 0 atom stereocenters. The van der Waals surface area contributed by atoms with Crippen LogP contribution in [0.5, 0.6) is 5.75 Å². The van der Waals surface area contributed by atoms with Crippen molar-refractivity contribution in [1.29, 1.82) is 0 Å². The Morgan fingerprint density at radius 2 is 1.56 bits per heavy atom. The average Bonchev–Trinajstić information content (AvgIpc) is 3.23. The van der Waals surface area contributed by atoms with Gasteiger partial charge in [-0.2, -0.15) is 0 Å². The number of carbonyl (C=O) groups is 2. The normalized spacial score (nSPS) is 16.6. The van der Waals surface area contributed by atoms with Crippen molar-refractivity contribution in [1.82, 2.24) is 4.90 Å². The molecular formula is C30H32N2O4. The van der Waals surface area contributed by atoms with Gasteiger partial charge in [-0.3, -0.25) is 9.69 Å². The van der Waals surface area contributed by atoms with E-state index in [9.17, 15) is 9.59 Å². The van der Waals surface area contributed by atoms with Gasteiger partial charge >= 0.3 is 5.97 Å². The maximum atomic E-state index is 13.6. The summed E-state index contributed by atoms with van der Waals surface area (Å²) >= 11 is 0. The van der Waals surface area contributed by atoms with Gasteiger partial charge in [-0.1, -0.05) is 29.8 Å². The summed E-state index contributed by atoms with van der Waals surface area (Å²) < 4.78 is 10.4. The van der Waals surface area contributed by atoms with Crippen molar-refractivity contribution in [3.05, 3.63) is 94.5 Å². The number of carbonyl (C=O) groups excluding carboxylic acids is 2. The van der Waals surface area contributed by atoms with Gasteiger partial charge in [0.25, 0.3) is 5.91 Å². The zero-order valence-electron chi connectivity index (χ0n) is 21.1. The fourth-order valence-corrected chi connectivity index (χ4v) is 5.50. The van der Waals surface area contributed by atoms with Crippen LogP contribution in [0.1, 0.15) is 50.2 Å². The average molecular weight is 485 g/mol. The second kappa shape index (κ2) is 9.78. The van der Waals surface area contributed by atoms with Crippen molar-refractivity contribution in [2.75, 3.05) is 38.8 Å². The smallest absolute Gasteiger partial charge is 0.337 e. The molecule has 6 nitrogen and oxygen atoms in total. The minimum absolute atomic E-state index is 0.0476. The van der Waals surface area contributed by atoms with E-state index in [0.29, 0.717) is 17.7 Å². The monoisotopic (exact) mass is 484 g/mol. The fourth-order valence-electron chi connectivity index (χ4n) is 5.50. The number of likely N-dealkylation sites (tertiary alicyclic amines) is 1. The van der Waals surface area contributed by atoms with Gasteiger partial charge in [-0.05, 0) is 86.4 Å². The molecule has 0 aliphatic carbocycles. The number of benzene rings is 3. The molecule has 3 aromatic rings. The Bertz CT molecular complexity index is 1260. The predicted molar refractivity (Wildman–Crippen MR) is 140 cm³/mol. The van der Waals surface area contributed by atoms with Crippen LogP contribution in [0.3, 0.4) is 0 Å². The summed E-state index contributed by atoms with van der Waals surface area (Å²) in [6.07, 6.45) is 1.93. The summed E-state index contributed by atoms with van der Waals surface area (Å²) in [5.74, 6) is 0.554. The molecule has 0 unspecified atom stereocenters. The molecule has 5 rings (SSSR count). The third-order valence-corrected chi connectivity index (χ3v) is 7.66. The van der Waals surface area contributed by atoms with Crippen LogP contribution in [0.4, 0.5) is 5.69 Å². The molecule has 1 saturated heterocycles. The third kappa shape index (κ3) is 4.49. The zero-order chi connectivity index (χ0) is 25.3. The van der Waals surface area contributed by atoms with Gasteiger partial charge in [0.05, 0.1) is 19.8 Å². The van der Waals surface area contributed by atoms with Crippen LogP contribution in [0.15, 0.2) is 66.7 Å². The number of nitrogens with zero attached hydrogens (tertiary/aromatic N) is 2. The van der Waals surface area contributed by atoms with Crippen LogP contribution in [0, 0.1) is 6.92 Å². The highest BCUT2D eigenvalue weighted by atomic mass is 16.5. The number of ether oxygens (including phenoxy) is 2. The molecule has 3 aromatic carbocycles. The first-order valence-corrected chi connectivity index (χ1v) is 12.4. The van der Waals surface area contributed by atoms with Gasteiger partial charge in [0.15, 0.2) is 0 Å². The Hall–Kier alpha value is -3.64. The van der Waals surface area contributed by atoms with E-state index in [1.807, 2.05) is 72.5 Å². The molecule has 186 valence electrons. The second-order valence-corrected chi connectivity index (χ2v) is 9.89. The van der Waals surface area contributed by atoms with Crippen molar-refractivity contribution in [2.24, 2.45) is 0 Å². The number of amides is 1. The van der Waals surface area contributed by atoms with E-state index in [0.717, 1.165) is 49.5 Å². The lowest BCUT2D eigenvalue weighted by atomic mass is 9.74. The Morgan fingerprint density at radius 1 is 0.889 bits per heavy atom. The molecule has 1 amide bonds. The van der Waals surface area contributed by atoms with E-state index >= 15 is 0 Å². The summed E-state index contributed by atoms with van der Waals surface area (Å²) in [4.78, 5) is 29.7. The quantitative estimate of drug-likeness (QED) is 0.478. The number of rotatable bonds is 5. The first-order valence-electron chi connectivity index (χ1n) is 12.4. The lowest BCUT2D eigenvalue weighted by molar-refractivity contribution is 0.0600. The van der Waals surface area contributed by atoms with Gasteiger partial charge in [-0.15, -0.1) is 0 Å². The summed E-state index contributed by atoms with van der Waals surface area (Å²) in [5.41, 5.74) is 5.71. The van der Waals surface area contributed by atoms with Gasteiger partial charge in [0.1, 0.15) is 5.75 Å². The highest BCUT2D eigenvalue weighted by Gasteiger charge is 2.46. The lowest BCUT2D eigenvalue weighted by Crippen LogP contribution is -2.45. The number of piperidine rings is 1. The fraction of sp³-hybridized carbons (Fsp3) is 0.333. The van der Waals surface area contributed by atoms with Gasteiger partial charge in [0.2, 0.25) is 0 Å². The van der Waals surface area contributed by atoms with Crippen LogP contribution < -0.4 is 9.64 Å². The maximum Gasteiger partial charge on any atom is 0.337 e. The maximum absolute atomic E-state index is 13.6. The van der Waals surface area contributed by atoms with E-state index in [4.69, 9.17) is 9.47 Å². The molecule has 0 aromatic heterocycles. The highest BCUT2D eigenvalue weighted by molar-refractivity contribution is 6.07. The standard InChI is InChI=1S/C30H32N2O4/c1-21-4-8-23(9-5-21)28(33)32-20-30(26-18-25(35-2)12-13-27(26)32)14-16-31(17-15-30)19-22-6-10-24(11-7-22)29(34)36-3/h4-13,18H,14-17,19-20H2,1-3H3. The first-order chi connectivity index (χ1) is 17.4. The van der Waals surface area contributed by atoms with Crippen molar-refractivity contribution in [2.45, 2.75) is 31.7 Å². The Morgan fingerprint density at radius 3 is 2.19 bits per heavy atom. The topological polar surface area (TPSA) is 59.1 Å². The summed E-state index contributed by atoms with van der Waals surface area (Å²) in [6, 6.07) is 21.5. The molecule has 1 spiro atoms. The molecule has 2 aliphatic rings. The molecule has 36 heavy (non-hydrogen) atoms. The number of esters is 1. The van der Waals surface area contributed by atoms with E-state index in [1.54, 1.807) is 7.11 Å². The summed E-state index contributed by atoms with van der Waals surface area (Å²) in [6.45, 7) is 5.41. The van der Waals surface area contributed by atoms with Crippen LogP contribution in [0.2, 0.25) is 0 Å². The molecule has 0 radical (unpaired) electrons. The molecule has 1 fully saturated rings. The number of hydrogen-bond donors (Lipinski definition) is 0. The molecule has 2 aliphatic heterocycles. The SMILES string of the molecule is COC(=O)c1ccc(CN2CCC3(CC2)CN(C(=O)c2ccc(C)cc2)c2ccc(OC)cc23)cc1. The Balaban J connectivity index is 1.34. The Kier molecular flexibility index (Phi) is 6.54. The number of hydrogen-bond acceptors (Lipinski definition) is 5. The van der Waals surface area contributed by atoms with E-state index in [-0.39, 0.29) is 17.3 Å². The van der Waals surface area contributed by atoms with Crippen molar-refractivity contribution >= 4 is 17.6 Å². The van der Waals surface area contributed by atoms with Crippen LogP contribution in [-0.4, -0.2) is 50.6 Å². The highest BCUT2D eigenvalue weighted by Crippen LogP contribution is 2.48. The Labute approximate surface area is 212 Å². The van der Waals surface area contributed by atoms with Crippen molar-refractivity contribution < 1.29 is 19.1 Å². The van der Waals surface area contributed by atoms with Crippen molar-refractivity contribution in [3.63, 3.8) is 0 Å². The summed E-state index contributed by atoms with van der Waals surface area (Å²) in [5, 5.41) is 0. The van der Waals surface area contributed by atoms with Crippen LogP contribution >= 0.6 is 0 Å². The van der Waals surface area contributed by atoms with E-state index < -0.39 is 0 Å². The number of aryl methyl sites for hydroxylation is 1. The summed E-state index contributed by atoms with van der Waals surface area (Å²) in [7, 11) is 3.08. The van der Waals surface area contributed by atoms with E-state index in [2.05, 4.69) is 11.0 Å². The van der Waals surface area contributed by atoms with Gasteiger partial charge < -0.3 is 14.4 Å². The van der Waals surface area contributed by atoms with Crippen LogP contribution in [-0.2, 0) is 16.7 Å². The van der Waals surface area contributed by atoms with E-state index in [1.165, 1.54) is 18.2 Å². The number of fused-ring (bicyclic) bond motifs is 2. The van der Waals surface area contributed by atoms with Gasteiger partial charge in [-0.25, -0.2) is 4.79 Å². The van der Waals surface area contributed by atoms with Gasteiger partial charge in [0, 0.05) is 29.8 Å². The molecular weight excluding hydrogens is 452 g/mol. The predicted octanol–water partition coefficient (Wildman–Crippen LogP) is 4.98. The first kappa shape index (κ1) is 24.1. The molecule has 0 saturated carbocycles. The minimum Gasteiger partial charge on any atom is -0.497 e. The zero-order valence-corrected chi connectivity index (χ0v) is 21.1. The molecule has 0 bridgehead atoms. The number of methoxy groups -OCH3 is 2. The lowest BCUT2D eigenvalue weighted by Gasteiger charge is -2.40.